The van der Waals surface area contributed by atoms with E-state index in [4.69, 9.17) is 4.98 Å². The highest BCUT2D eigenvalue weighted by atomic mass is 28.3. The number of aromatic nitrogens is 3. The summed E-state index contributed by atoms with van der Waals surface area (Å²) < 4.78 is 0. The predicted octanol–water partition coefficient (Wildman–Crippen LogP) is 6.54. The van der Waals surface area contributed by atoms with Crippen LogP contribution in [0.4, 0.5) is 0 Å². The van der Waals surface area contributed by atoms with Gasteiger partial charge in [0.2, 0.25) is 0 Å². The van der Waals surface area contributed by atoms with Crippen molar-refractivity contribution in [3.05, 3.63) is 164 Å². The first-order chi connectivity index (χ1) is 21.7. The minimum absolute atomic E-state index is 0.687. The number of nitrogens with zero attached hydrogens (tertiary/aromatic N) is 3. The molecule has 0 saturated heterocycles. The van der Waals surface area contributed by atoms with Crippen molar-refractivity contribution in [1.82, 2.24) is 15.0 Å². The van der Waals surface area contributed by atoms with Gasteiger partial charge in [0.05, 0.1) is 0 Å². The van der Waals surface area contributed by atoms with Crippen LogP contribution in [-0.4, -0.2) is 23.0 Å². The highest BCUT2D eigenvalue weighted by Crippen LogP contribution is 2.33. The molecule has 3 nitrogen and oxygen atoms in total. The second kappa shape index (κ2) is 10.7. The van der Waals surface area contributed by atoms with Crippen molar-refractivity contribution < 1.29 is 0 Å². The molecule has 0 radical (unpaired) electrons. The first-order valence-electron chi connectivity index (χ1n) is 15.0. The lowest BCUT2D eigenvalue weighted by Gasteiger charge is -2.31. The summed E-state index contributed by atoms with van der Waals surface area (Å²) in [6.07, 6.45) is 0. The Morgan fingerprint density at radius 3 is 1.50 bits per heavy atom. The molecule has 0 unspecified atom stereocenters. The zero-order valence-electron chi connectivity index (χ0n) is 24.4. The molecule has 0 aliphatic carbocycles. The molecule has 1 aromatic heterocycles. The third kappa shape index (κ3) is 4.23. The van der Waals surface area contributed by atoms with E-state index in [9.17, 15) is 0 Å². The molecule has 6 aromatic carbocycles. The average molecular weight is 580 g/mol. The highest BCUT2D eigenvalue weighted by Gasteiger charge is 2.48. The summed E-state index contributed by atoms with van der Waals surface area (Å²) >= 11 is 0. The zero-order chi connectivity index (χ0) is 29.5. The lowest BCUT2D eigenvalue weighted by Crippen LogP contribution is -2.72. The van der Waals surface area contributed by atoms with Gasteiger partial charge in [-0.25, -0.2) is 15.0 Å². The number of aryl methyl sites for hydroxylation is 1. The largest absolute Gasteiger partial charge is 0.213 e. The van der Waals surface area contributed by atoms with Crippen LogP contribution < -0.4 is 20.7 Å². The van der Waals surface area contributed by atoms with E-state index in [0.29, 0.717) is 17.5 Å². The van der Waals surface area contributed by atoms with Crippen molar-refractivity contribution in [3.8, 4) is 45.0 Å². The van der Waals surface area contributed by atoms with Crippen LogP contribution in [0.1, 0.15) is 5.82 Å². The SMILES string of the molecule is Cc1nc(-c2ccccc2)nc(-c2ccc(-c3ccc4c(c3)-c3ccccc3[Si]4(c3ccccc3)c3ccccc3)cc2)n1. The Balaban J connectivity index is 1.23. The Bertz CT molecular complexity index is 2070. The second-order valence-electron chi connectivity index (χ2n) is 11.3. The van der Waals surface area contributed by atoms with Crippen molar-refractivity contribution in [2.45, 2.75) is 6.92 Å². The van der Waals surface area contributed by atoms with Gasteiger partial charge in [-0.05, 0) is 56.0 Å². The van der Waals surface area contributed by atoms with E-state index < -0.39 is 8.07 Å². The highest BCUT2D eigenvalue weighted by molar-refractivity contribution is 7.22. The lowest BCUT2D eigenvalue weighted by atomic mass is 9.98. The molecule has 8 rings (SSSR count). The number of hydrogen-bond donors (Lipinski definition) is 0. The summed E-state index contributed by atoms with van der Waals surface area (Å²) in [6.45, 7) is 1.92. The average Bonchev–Trinajstić information content (AvgIpc) is 3.40. The fourth-order valence-corrected chi connectivity index (χ4v) is 11.9. The third-order valence-corrected chi connectivity index (χ3v) is 13.6. The van der Waals surface area contributed by atoms with Gasteiger partial charge in [0.1, 0.15) is 5.82 Å². The Morgan fingerprint density at radius 1 is 0.386 bits per heavy atom. The fourth-order valence-electron chi connectivity index (χ4n) is 6.77. The van der Waals surface area contributed by atoms with Crippen molar-refractivity contribution in [1.29, 1.82) is 0 Å². The van der Waals surface area contributed by atoms with Crippen LogP contribution in [-0.2, 0) is 0 Å². The summed E-state index contributed by atoms with van der Waals surface area (Å²) in [5.74, 6) is 2.09. The van der Waals surface area contributed by atoms with Gasteiger partial charge in [0.25, 0.3) is 0 Å². The summed E-state index contributed by atoms with van der Waals surface area (Å²) in [4.78, 5) is 14.0. The molecule has 0 spiro atoms. The normalized spacial score (nSPS) is 12.8. The number of fused-ring (bicyclic) bond motifs is 3. The molecule has 208 valence electrons. The van der Waals surface area contributed by atoms with Gasteiger partial charge in [0.15, 0.2) is 19.7 Å². The molecular formula is C40H29N3Si. The van der Waals surface area contributed by atoms with Crippen molar-refractivity contribution in [3.63, 3.8) is 0 Å². The van der Waals surface area contributed by atoms with Gasteiger partial charge in [-0.1, -0.05) is 152 Å². The summed E-state index contributed by atoms with van der Waals surface area (Å²) in [5.41, 5.74) is 7.01. The van der Waals surface area contributed by atoms with Gasteiger partial charge >= 0.3 is 0 Å². The third-order valence-electron chi connectivity index (χ3n) is 8.71. The van der Waals surface area contributed by atoms with Crippen molar-refractivity contribution >= 4 is 28.8 Å². The molecule has 1 aliphatic heterocycles. The first kappa shape index (κ1) is 26.2. The van der Waals surface area contributed by atoms with Crippen LogP contribution in [0.3, 0.4) is 0 Å². The van der Waals surface area contributed by atoms with Crippen LogP contribution in [0.15, 0.2) is 158 Å². The Kier molecular flexibility index (Phi) is 6.35. The van der Waals surface area contributed by atoms with E-state index in [-0.39, 0.29) is 0 Å². The molecule has 2 heterocycles. The van der Waals surface area contributed by atoms with E-state index in [1.807, 2.05) is 37.3 Å². The van der Waals surface area contributed by atoms with Gasteiger partial charge < -0.3 is 0 Å². The summed E-state index contributed by atoms with van der Waals surface area (Å²) in [5, 5.41) is 5.74. The molecule has 0 fully saturated rings. The number of hydrogen-bond acceptors (Lipinski definition) is 3. The molecule has 0 saturated carbocycles. The molecule has 0 N–H and O–H groups in total. The minimum Gasteiger partial charge on any atom is -0.213 e. The standard InChI is InChI=1S/C40H29N3Si/c1-28-41-39(30-13-5-2-6-14-30)43-40(42-28)31-23-21-29(22-24-31)32-25-26-38-36(27-32)35-19-11-12-20-37(35)44(38,33-15-7-3-8-16-33)34-17-9-4-10-18-34/h2-27H,1H3. The zero-order valence-corrected chi connectivity index (χ0v) is 25.4. The summed E-state index contributed by atoms with van der Waals surface area (Å²) in [6, 6.07) is 57.0. The van der Waals surface area contributed by atoms with E-state index >= 15 is 0 Å². The molecule has 0 atom stereocenters. The molecule has 4 heteroatoms. The van der Waals surface area contributed by atoms with Gasteiger partial charge in [-0.3, -0.25) is 0 Å². The maximum absolute atomic E-state index is 4.80. The van der Waals surface area contributed by atoms with Crippen LogP contribution >= 0.6 is 0 Å². The lowest BCUT2D eigenvalue weighted by molar-refractivity contribution is 0.992. The summed E-state index contributed by atoms with van der Waals surface area (Å²) in [7, 11) is -2.46. The first-order valence-corrected chi connectivity index (χ1v) is 17.0. The molecular weight excluding hydrogens is 551 g/mol. The van der Waals surface area contributed by atoms with E-state index in [1.165, 1.54) is 43.0 Å². The maximum Gasteiger partial charge on any atom is 0.180 e. The Morgan fingerprint density at radius 2 is 0.864 bits per heavy atom. The van der Waals surface area contributed by atoms with Gasteiger partial charge in [-0.15, -0.1) is 0 Å². The van der Waals surface area contributed by atoms with E-state index in [0.717, 1.165) is 11.1 Å². The van der Waals surface area contributed by atoms with Crippen molar-refractivity contribution in [2.75, 3.05) is 0 Å². The fraction of sp³-hybridized carbons (Fsp3) is 0.0250. The van der Waals surface area contributed by atoms with Crippen LogP contribution in [0, 0.1) is 6.92 Å². The molecule has 0 bridgehead atoms. The second-order valence-corrected chi connectivity index (χ2v) is 15.0. The van der Waals surface area contributed by atoms with Crippen LogP contribution in [0.2, 0.25) is 0 Å². The topological polar surface area (TPSA) is 38.7 Å². The molecule has 44 heavy (non-hydrogen) atoms. The van der Waals surface area contributed by atoms with Crippen LogP contribution in [0.5, 0.6) is 0 Å². The van der Waals surface area contributed by atoms with E-state index in [2.05, 4.69) is 137 Å². The number of benzene rings is 6. The molecule has 7 aromatic rings. The molecule has 0 amide bonds. The smallest absolute Gasteiger partial charge is 0.180 e. The quantitative estimate of drug-likeness (QED) is 0.218. The maximum atomic E-state index is 4.80. The Hall–Kier alpha value is -5.45. The minimum atomic E-state index is -2.46. The van der Waals surface area contributed by atoms with Crippen LogP contribution in [0.25, 0.3) is 45.0 Å². The van der Waals surface area contributed by atoms with Crippen molar-refractivity contribution in [2.24, 2.45) is 0 Å². The predicted molar refractivity (Wildman–Crippen MR) is 183 cm³/mol. The monoisotopic (exact) mass is 579 g/mol. The number of rotatable bonds is 5. The molecule has 1 aliphatic rings. The van der Waals surface area contributed by atoms with Gasteiger partial charge in [-0.2, -0.15) is 0 Å². The van der Waals surface area contributed by atoms with Gasteiger partial charge in [0, 0.05) is 11.1 Å². The Labute approximate surface area is 258 Å². The van der Waals surface area contributed by atoms with E-state index in [1.54, 1.807) is 0 Å².